The SMILES string of the molecule is CCC(C)NC(=O)c1cc(S(=O)(=O)N(C)C)c(C)s1. The third-order valence-corrected chi connectivity index (χ3v) is 5.96. The topological polar surface area (TPSA) is 66.5 Å². The summed E-state index contributed by atoms with van der Waals surface area (Å²) in [5.41, 5.74) is 0. The molecule has 1 aromatic heterocycles. The molecule has 1 unspecified atom stereocenters. The van der Waals surface area contributed by atoms with Gasteiger partial charge in [0.2, 0.25) is 10.0 Å². The van der Waals surface area contributed by atoms with E-state index in [1.807, 2.05) is 13.8 Å². The molecule has 0 radical (unpaired) electrons. The lowest BCUT2D eigenvalue weighted by Crippen LogP contribution is -2.31. The van der Waals surface area contributed by atoms with Gasteiger partial charge in [0.25, 0.3) is 5.91 Å². The molecule has 0 saturated heterocycles. The molecule has 1 aromatic rings. The summed E-state index contributed by atoms with van der Waals surface area (Å²) in [6.07, 6.45) is 0.832. The molecule has 108 valence electrons. The van der Waals surface area contributed by atoms with Crippen molar-refractivity contribution in [1.29, 1.82) is 0 Å². The van der Waals surface area contributed by atoms with Crippen LogP contribution in [-0.2, 0) is 10.0 Å². The lowest BCUT2D eigenvalue weighted by Gasteiger charge is -2.10. The van der Waals surface area contributed by atoms with E-state index in [0.29, 0.717) is 9.75 Å². The van der Waals surface area contributed by atoms with Crippen LogP contribution in [0.2, 0.25) is 0 Å². The first-order valence-electron chi connectivity index (χ1n) is 6.04. The van der Waals surface area contributed by atoms with Gasteiger partial charge >= 0.3 is 0 Å². The Kier molecular flexibility index (Phi) is 5.11. The molecular weight excluding hydrogens is 284 g/mol. The quantitative estimate of drug-likeness (QED) is 0.902. The summed E-state index contributed by atoms with van der Waals surface area (Å²) < 4.78 is 25.3. The van der Waals surface area contributed by atoms with Gasteiger partial charge in [-0.05, 0) is 26.3 Å². The Morgan fingerprint density at radius 1 is 1.47 bits per heavy atom. The number of sulfonamides is 1. The van der Waals surface area contributed by atoms with E-state index in [2.05, 4.69) is 5.32 Å². The van der Waals surface area contributed by atoms with Gasteiger partial charge in [-0.15, -0.1) is 11.3 Å². The summed E-state index contributed by atoms with van der Waals surface area (Å²) in [4.78, 5) is 13.2. The predicted octanol–water partition coefficient (Wildman–Crippen LogP) is 1.84. The molecule has 1 atom stereocenters. The Hall–Kier alpha value is -0.920. The van der Waals surface area contributed by atoms with Crippen molar-refractivity contribution in [2.75, 3.05) is 14.1 Å². The van der Waals surface area contributed by atoms with Crippen molar-refractivity contribution in [2.45, 2.75) is 38.1 Å². The van der Waals surface area contributed by atoms with Gasteiger partial charge < -0.3 is 5.32 Å². The highest BCUT2D eigenvalue weighted by atomic mass is 32.2. The Balaban J connectivity index is 3.07. The highest BCUT2D eigenvalue weighted by Crippen LogP contribution is 2.27. The second kappa shape index (κ2) is 6.02. The summed E-state index contributed by atoms with van der Waals surface area (Å²) in [5, 5.41) is 2.83. The molecule has 0 aromatic carbocycles. The maximum atomic E-state index is 12.1. The average molecular weight is 304 g/mol. The van der Waals surface area contributed by atoms with E-state index >= 15 is 0 Å². The summed E-state index contributed by atoms with van der Waals surface area (Å²) in [6, 6.07) is 1.52. The normalized spacial score (nSPS) is 13.6. The monoisotopic (exact) mass is 304 g/mol. The third kappa shape index (κ3) is 3.55. The Bertz CT molecular complexity index is 562. The lowest BCUT2D eigenvalue weighted by atomic mass is 10.2. The molecule has 1 amide bonds. The van der Waals surface area contributed by atoms with E-state index in [0.717, 1.165) is 10.7 Å². The zero-order valence-corrected chi connectivity index (χ0v) is 13.5. The van der Waals surface area contributed by atoms with Crippen molar-refractivity contribution in [1.82, 2.24) is 9.62 Å². The minimum Gasteiger partial charge on any atom is -0.349 e. The highest BCUT2D eigenvalue weighted by Gasteiger charge is 2.24. The van der Waals surface area contributed by atoms with Gasteiger partial charge in [-0.2, -0.15) is 0 Å². The fraction of sp³-hybridized carbons (Fsp3) is 0.583. The number of carbonyl (C=O) groups is 1. The van der Waals surface area contributed by atoms with Gasteiger partial charge in [0, 0.05) is 25.0 Å². The number of amides is 1. The Morgan fingerprint density at radius 3 is 2.53 bits per heavy atom. The number of aryl methyl sites for hydroxylation is 1. The maximum absolute atomic E-state index is 12.1. The standard InChI is InChI=1S/C12H20N2O3S2/c1-6-8(2)13-12(15)10-7-11(9(3)18-10)19(16,17)14(4)5/h7-8H,6H2,1-5H3,(H,13,15). The molecule has 0 aliphatic carbocycles. The fourth-order valence-corrected chi connectivity index (χ4v) is 3.78. The first-order valence-corrected chi connectivity index (χ1v) is 8.29. The zero-order chi connectivity index (χ0) is 14.8. The molecule has 7 heteroatoms. The van der Waals surface area contributed by atoms with Crippen molar-refractivity contribution in [3.8, 4) is 0 Å². The summed E-state index contributed by atoms with van der Waals surface area (Å²) in [5.74, 6) is -0.220. The second-order valence-corrected chi connectivity index (χ2v) is 7.98. The first kappa shape index (κ1) is 16.1. The van der Waals surface area contributed by atoms with Crippen LogP contribution in [0.5, 0.6) is 0 Å². The Morgan fingerprint density at radius 2 is 2.05 bits per heavy atom. The summed E-state index contributed by atoms with van der Waals surface area (Å²) >= 11 is 1.20. The number of nitrogens with one attached hydrogen (secondary N) is 1. The van der Waals surface area contributed by atoms with Crippen LogP contribution in [-0.4, -0.2) is 38.8 Å². The van der Waals surface area contributed by atoms with E-state index < -0.39 is 10.0 Å². The van der Waals surface area contributed by atoms with Crippen molar-refractivity contribution in [3.63, 3.8) is 0 Å². The second-order valence-electron chi connectivity index (χ2n) is 4.60. The molecule has 1 N–H and O–H groups in total. The average Bonchev–Trinajstić information content (AvgIpc) is 2.71. The molecular formula is C12H20N2O3S2. The number of carbonyl (C=O) groups excluding carboxylic acids is 1. The van der Waals surface area contributed by atoms with Crippen molar-refractivity contribution in [3.05, 3.63) is 15.8 Å². The predicted molar refractivity (Wildman–Crippen MR) is 77.1 cm³/mol. The number of thiophene rings is 1. The minimum atomic E-state index is -3.49. The van der Waals surface area contributed by atoms with Crippen LogP contribution in [0.4, 0.5) is 0 Å². The van der Waals surface area contributed by atoms with Crippen molar-refractivity contribution >= 4 is 27.3 Å². The van der Waals surface area contributed by atoms with E-state index in [4.69, 9.17) is 0 Å². The zero-order valence-electron chi connectivity index (χ0n) is 11.9. The van der Waals surface area contributed by atoms with Gasteiger partial charge in [-0.3, -0.25) is 4.79 Å². The van der Waals surface area contributed by atoms with E-state index in [-0.39, 0.29) is 16.8 Å². The maximum Gasteiger partial charge on any atom is 0.261 e. The lowest BCUT2D eigenvalue weighted by molar-refractivity contribution is 0.0943. The van der Waals surface area contributed by atoms with Crippen LogP contribution in [0.1, 0.15) is 34.8 Å². The Labute approximate surface area is 118 Å². The van der Waals surface area contributed by atoms with Crippen LogP contribution in [0, 0.1) is 6.92 Å². The van der Waals surface area contributed by atoms with Crippen LogP contribution in [0.15, 0.2) is 11.0 Å². The minimum absolute atomic E-state index is 0.0730. The third-order valence-electron chi connectivity index (χ3n) is 2.84. The molecule has 19 heavy (non-hydrogen) atoms. The molecule has 5 nitrogen and oxygen atoms in total. The van der Waals surface area contributed by atoms with Gasteiger partial charge in [0.15, 0.2) is 0 Å². The van der Waals surface area contributed by atoms with Crippen LogP contribution < -0.4 is 5.32 Å². The molecule has 0 bridgehead atoms. The van der Waals surface area contributed by atoms with Crippen LogP contribution in [0.25, 0.3) is 0 Å². The van der Waals surface area contributed by atoms with Gasteiger partial charge in [0.1, 0.15) is 0 Å². The van der Waals surface area contributed by atoms with E-state index in [1.165, 1.54) is 31.5 Å². The van der Waals surface area contributed by atoms with Crippen molar-refractivity contribution in [2.24, 2.45) is 0 Å². The molecule has 0 saturated carbocycles. The molecule has 0 aliphatic heterocycles. The molecule has 0 fully saturated rings. The first-order chi connectivity index (χ1) is 8.70. The highest BCUT2D eigenvalue weighted by molar-refractivity contribution is 7.89. The number of nitrogens with zero attached hydrogens (tertiary/aromatic N) is 1. The van der Waals surface area contributed by atoms with Crippen molar-refractivity contribution < 1.29 is 13.2 Å². The van der Waals surface area contributed by atoms with Gasteiger partial charge in [-0.25, -0.2) is 12.7 Å². The van der Waals surface area contributed by atoms with E-state index in [9.17, 15) is 13.2 Å². The summed E-state index contributed by atoms with van der Waals surface area (Å²) in [6.45, 7) is 5.60. The molecule has 0 aliphatic rings. The molecule has 1 rings (SSSR count). The number of rotatable bonds is 5. The fourth-order valence-electron chi connectivity index (χ4n) is 1.43. The van der Waals surface area contributed by atoms with Crippen LogP contribution in [0.3, 0.4) is 0 Å². The van der Waals surface area contributed by atoms with Crippen LogP contribution >= 0.6 is 11.3 Å². The van der Waals surface area contributed by atoms with Gasteiger partial charge in [-0.1, -0.05) is 6.92 Å². The smallest absolute Gasteiger partial charge is 0.261 e. The van der Waals surface area contributed by atoms with Gasteiger partial charge in [0.05, 0.1) is 9.77 Å². The molecule has 0 spiro atoms. The summed E-state index contributed by atoms with van der Waals surface area (Å²) in [7, 11) is -0.535. The number of hydrogen-bond acceptors (Lipinski definition) is 4. The molecule has 1 heterocycles. The number of hydrogen-bond donors (Lipinski definition) is 1. The largest absolute Gasteiger partial charge is 0.349 e. The van der Waals surface area contributed by atoms with E-state index in [1.54, 1.807) is 6.92 Å².